The minimum atomic E-state index is -4.32. The van der Waals surface area contributed by atoms with E-state index in [-0.39, 0.29) is 29.5 Å². The molecule has 0 aliphatic heterocycles. The Morgan fingerprint density at radius 2 is 1.57 bits per heavy atom. The first-order valence-corrected chi connectivity index (χ1v) is 16.7. The summed E-state index contributed by atoms with van der Waals surface area (Å²) in [5, 5.41) is 2.98. The Kier molecular flexibility index (Phi) is 11.9. The van der Waals surface area contributed by atoms with Crippen molar-refractivity contribution in [2.75, 3.05) is 24.5 Å². The van der Waals surface area contributed by atoms with Crippen LogP contribution in [0.2, 0.25) is 0 Å². The van der Waals surface area contributed by atoms with E-state index in [1.807, 2.05) is 68.4 Å². The molecule has 0 aliphatic carbocycles. The van der Waals surface area contributed by atoms with Gasteiger partial charge in [-0.25, -0.2) is 12.8 Å². The van der Waals surface area contributed by atoms with E-state index in [1.54, 1.807) is 0 Å². The molecular weight excluding hydrogens is 605 g/mol. The third-order valence-corrected chi connectivity index (χ3v) is 9.37. The zero-order valence-corrected chi connectivity index (χ0v) is 27.2. The van der Waals surface area contributed by atoms with Crippen LogP contribution in [0, 0.1) is 12.7 Å². The molecule has 46 heavy (non-hydrogen) atoms. The molecule has 0 spiro atoms. The van der Waals surface area contributed by atoms with Gasteiger partial charge in [0.25, 0.3) is 10.0 Å². The molecule has 10 heteroatoms. The first-order chi connectivity index (χ1) is 22.1. The Morgan fingerprint density at radius 3 is 2.20 bits per heavy atom. The molecule has 0 aliphatic rings. The number of anilines is 1. The van der Waals surface area contributed by atoms with E-state index in [1.165, 1.54) is 48.4 Å². The smallest absolute Gasteiger partial charge is 0.264 e. The normalized spacial score (nSPS) is 11.8. The summed E-state index contributed by atoms with van der Waals surface area (Å²) in [6.45, 7) is 3.85. The number of rotatable bonds is 15. The highest BCUT2D eigenvalue weighted by atomic mass is 32.2. The van der Waals surface area contributed by atoms with E-state index in [0.717, 1.165) is 46.0 Å². The first-order valence-electron chi connectivity index (χ1n) is 15.2. The van der Waals surface area contributed by atoms with E-state index in [4.69, 9.17) is 4.74 Å². The molecule has 0 aromatic heterocycles. The van der Waals surface area contributed by atoms with E-state index in [9.17, 15) is 22.4 Å². The van der Waals surface area contributed by atoms with Gasteiger partial charge in [-0.3, -0.25) is 13.9 Å². The van der Waals surface area contributed by atoms with Gasteiger partial charge in [-0.05, 0) is 73.0 Å². The number of ether oxygens (including phenoxy) is 1. The summed E-state index contributed by atoms with van der Waals surface area (Å²) in [5.41, 5.74) is 2.72. The fourth-order valence-electron chi connectivity index (χ4n) is 5.08. The Balaban J connectivity index is 1.78. The van der Waals surface area contributed by atoms with E-state index in [2.05, 4.69) is 5.32 Å². The van der Waals surface area contributed by atoms with Crippen molar-refractivity contribution in [1.29, 1.82) is 0 Å². The number of methoxy groups -OCH3 is 1. The number of carbonyl (C=O) groups excluding carboxylic acids is 2. The zero-order valence-electron chi connectivity index (χ0n) is 26.4. The lowest BCUT2D eigenvalue weighted by Crippen LogP contribution is -2.53. The maximum absolute atomic E-state index is 14.5. The highest BCUT2D eigenvalue weighted by Gasteiger charge is 2.34. The summed E-state index contributed by atoms with van der Waals surface area (Å²) in [7, 11) is -2.84. The van der Waals surface area contributed by atoms with Crippen molar-refractivity contribution in [2.45, 2.75) is 50.6 Å². The predicted octanol–water partition coefficient (Wildman–Crippen LogP) is 5.89. The molecule has 0 heterocycles. The van der Waals surface area contributed by atoms with Crippen molar-refractivity contribution >= 4 is 27.5 Å². The summed E-state index contributed by atoms with van der Waals surface area (Å²) >= 11 is 0. The molecule has 0 fully saturated rings. The number of unbranched alkanes of at least 4 members (excludes halogenated alkanes) is 1. The number of halogens is 1. The van der Waals surface area contributed by atoms with Crippen molar-refractivity contribution < 1.29 is 27.1 Å². The largest absolute Gasteiger partial charge is 0.497 e. The van der Waals surface area contributed by atoms with Crippen molar-refractivity contribution in [1.82, 2.24) is 10.2 Å². The van der Waals surface area contributed by atoms with Gasteiger partial charge in [-0.1, -0.05) is 73.5 Å². The molecule has 0 saturated heterocycles. The predicted molar refractivity (Wildman–Crippen MR) is 178 cm³/mol. The van der Waals surface area contributed by atoms with Crippen LogP contribution in [0.1, 0.15) is 36.5 Å². The van der Waals surface area contributed by atoms with Gasteiger partial charge in [0.2, 0.25) is 11.8 Å². The summed E-state index contributed by atoms with van der Waals surface area (Å²) in [6.07, 6.45) is 1.87. The second-order valence-electron chi connectivity index (χ2n) is 11.0. The van der Waals surface area contributed by atoms with Crippen molar-refractivity contribution in [3.63, 3.8) is 0 Å². The van der Waals surface area contributed by atoms with Gasteiger partial charge in [0, 0.05) is 19.5 Å². The Bertz CT molecular complexity index is 1700. The van der Waals surface area contributed by atoms with Gasteiger partial charge in [-0.2, -0.15) is 0 Å². The zero-order chi connectivity index (χ0) is 33.1. The topological polar surface area (TPSA) is 96.0 Å². The second-order valence-corrected chi connectivity index (χ2v) is 12.9. The summed E-state index contributed by atoms with van der Waals surface area (Å²) in [4.78, 5) is 29.7. The number of aryl methyl sites for hydroxylation is 1. The number of carbonyl (C=O) groups is 2. The lowest BCUT2D eigenvalue weighted by atomic mass is 10.0. The molecule has 1 atom stereocenters. The number of sulfonamides is 1. The standard InChI is InChI=1S/C36H40FN3O5S/c1-4-5-22-38-36(42)34(24-28-11-7-6-8-12-28)39(25-29-13-9-10-27(2)23-29)35(41)26-40(31-16-14-30(37)15-17-31)46(43,44)33-20-18-32(45-3)19-21-33/h6-21,23,34H,4-5,22,24-26H2,1-3H3,(H,38,42). The van der Waals surface area contributed by atoms with E-state index < -0.39 is 34.3 Å². The summed E-state index contributed by atoms with van der Waals surface area (Å²) in [6, 6.07) is 26.8. The van der Waals surface area contributed by atoms with Crippen molar-refractivity contribution in [3.8, 4) is 5.75 Å². The van der Waals surface area contributed by atoms with Crippen LogP contribution in [0.25, 0.3) is 0 Å². The lowest BCUT2D eigenvalue weighted by molar-refractivity contribution is -0.140. The third-order valence-electron chi connectivity index (χ3n) is 7.58. The highest BCUT2D eigenvalue weighted by Crippen LogP contribution is 2.26. The van der Waals surface area contributed by atoms with Crippen LogP contribution in [0.3, 0.4) is 0 Å². The Labute approximate surface area is 270 Å². The molecule has 0 bridgehead atoms. The number of hydrogen-bond acceptors (Lipinski definition) is 5. The molecule has 1 N–H and O–H groups in total. The second kappa shape index (κ2) is 16.0. The Morgan fingerprint density at radius 1 is 0.891 bits per heavy atom. The molecule has 4 rings (SSSR count). The third kappa shape index (κ3) is 8.94. The maximum atomic E-state index is 14.5. The fraction of sp³-hybridized carbons (Fsp3) is 0.278. The van der Waals surface area contributed by atoms with Crippen molar-refractivity contribution in [2.24, 2.45) is 0 Å². The summed E-state index contributed by atoms with van der Waals surface area (Å²) < 4.78 is 48.3. The van der Waals surface area contributed by atoms with Crippen LogP contribution in [0.5, 0.6) is 5.75 Å². The van der Waals surface area contributed by atoms with Crippen LogP contribution in [0.15, 0.2) is 108 Å². The van der Waals surface area contributed by atoms with E-state index >= 15 is 0 Å². The molecule has 242 valence electrons. The van der Waals surface area contributed by atoms with Gasteiger partial charge < -0.3 is 15.0 Å². The minimum absolute atomic E-state index is 0.0685. The average Bonchev–Trinajstić information content (AvgIpc) is 3.06. The average molecular weight is 646 g/mol. The Hall–Kier alpha value is -4.70. The minimum Gasteiger partial charge on any atom is -0.497 e. The molecule has 0 saturated carbocycles. The molecular formula is C36H40FN3O5S. The first kappa shape index (κ1) is 34.2. The highest BCUT2D eigenvalue weighted by molar-refractivity contribution is 7.92. The van der Waals surface area contributed by atoms with Crippen LogP contribution >= 0.6 is 0 Å². The fourth-order valence-corrected chi connectivity index (χ4v) is 6.49. The summed E-state index contributed by atoms with van der Waals surface area (Å²) in [5.74, 6) is -1.01. The lowest BCUT2D eigenvalue weighted by Gasteiger charge is -2.34. The van der Waals surface area contributed by atoms with Crippen LogP contribution < -0.4 is 14.4 Å². The van der Waals surface area contributed by atoms with E-state index in [0.29, 0.717) is 12.3 Å². The quantitative estimate of drug-likeness (QED) is 0.163. The number of benzene rings is 4. The number of hydrogen-bond donors (Lipinski definition) is 1. The van der Waals surface area contributed by atoms with Crippen molar-refractivity contribution in [3.05, 3.63) is 126 Å². The molecule has 4 aromatic rings. The molecule has 2 amide bonds. The van der Waals surface area contributed by atoms with Gasteiger partial charge in [0.1, 0.15) is 24.2 Å². The van der Waals surface area contributed by atoms with Crippen LogP contribution in [0.4, 0.5) is 10.1 Å². The van der Waals surface area contributed by atoms with Gasteiger partial charge in [0.05, 0.1) is 17.7 Å². The number of amides is 2. The number of nitrogens with zero attached hydrogens (tertiary/aromatic N) is 2. The molecule has 4 aromatic carbocycles. The van der Waals surface area contributed by atoms with Gasteiger partial charge in [0.15, 0.2) is 0 Å². The molecule has 8 nitrogen and oxygen atoms in total. The molecule has 0 radical (unpaired) electrons. The monoisotopic (exact) mass is 645 g/mol. The van der Waals surface area contributed by atoms with Gasteiger partial charge in [-0.15, -0.1) is 0 Å². The van der Waals surface area contributed by atoms with Gasteiger partial charge >= 0.3 is 0 Å². The maximum Gasteiger partial charge on any atom is 0.264 e. The SMILES string of the molecule is CCCCNC(=O)C(Cc1ccccc1)N(Cc1cccc(C)c1)C(=O)CN(c1ccc(F)cc1)S(=O)(=O)c1ccc(OC)cc1. The van der Waals surface area contributed by atoms with Crippen LogP contribution in [-0.2, 0) is 32.6 Å². The van der Waals surface area contributed by atoms with Crippen LogP contribution in [-0.4, -0.2) is 51.4 Å². The molecule has 1 unspecified atom stereocenters. The number of nitrogens with one attached hydrogen (secondary N) is 1.